The minimum Gasteiger partial charge on any atom is -0.382 e. The maximum Gasteiger partial charge on any atom is 0.248 e. The summed E-state index contributed by atoms with van der Waals surface area (Å²) in [5, 5.41) is 3.97. The van der Waals surface area contributed by atoms with Crippen LogP contribution in [0.25, 0.3) is 0 Å². The fraction of sp³-hybridized carbons (Fsp3) is 0.167. The van der Waals surface area contributed by atoms with E-state index in [1.54, 1.807) is 24.2 Å². The van der Waals surface area contributed by atoms with Crippen molar-refractivity contribution >= 4 is 17.4 Å². The number of aromatic nitrogens is 2. The van der Waals surface area contributed by atoms with Crippen molar-refractivity contribution in [2.45, 2.75) is 6.54 Å². The number of nitrogens with zero attached hydrogens (tertiary/aromatic N) is 3. The molecule has 2 rings (SSSR count). The molecule has 88 valence electrons. The molecule has 0 aliphatic rings. The van der Waals surface area contributed by atoms with E-state index in [0.717, 1.165) is 5.69 Å². The van der Waals surface area contributed by atoms with E-state index in [2.05, 4.69) is 5.10 Å². The van der Waals surface area contributed by atoms with E-state index in [4.69, 9.17) is 5.73 Å². The van der Waals surface area contributed by atoms with Crippen LogP contribution in [-0.4, -0.2) is 22.7 Å². The first-order chi connectivity index (χ1) is 8.16. The van der Waals surface area contributed by atoms with Crippen molar-refractivity contribution in [1.29, 1.82) is 0 Å². The minimum absolute atomic E-state index is 0.0423. The number of carbonyl (C=O) groups excluding carboxylic acids is 1. The number of nitrogens with two attached hydrogens (primary N) is 1. The van der Waals surface area contributed by atoms with Gasteiger partial charge in [-0.2, -0.15) is 5.10 Å². The molecular weight excluding hydrogens is 216 g/mol. The molecular formula is C12H14N4O. The summed E-state index contributed by atoms with van der Waals surface area (Å²) in [6.45, 7) is 0.183. The lowest BCUT2D eigenvalue weighted by Gasteiger charge is -2.17. The van der Waals surface area contributed by atoms with Crippen LogP contribution < -0.4 is 10.6 Å². The largest absolute Gasteiger partial charge is 0.382 e. The van der Waals surface area contributed by atoms with Gasteiger partial charge in [-0.25, -0.2) is 0 Å². The van der Waals surface area contributed by atoms with Crippen LogP contribution in [0.5, 0.6) is 0 Å². The van der Waals surface area contributed by atoms with Gasteiger partial charge >= 0.3 is 0 Å². The van der Waals surface area contributed by atoms with E-state index in [0.29, 0.717) is 5.82 Å². The Morgan fingerprint density at radius 3 is 2.65 bits per heavy atom. The summed E-state index contributed by atoms with van der Waals surface area (Å²) in [5.74, 6) is 0.375. The predicted molar refractivity (Wildman–Crippen MR) is 66.5 cm³/mol. The van der Waals surface area contributed by atoms with E-state index >= 15 is 0 Å². The van der Waals surface area contributed by atoms with Gasteiger partial charge in [0.2, 0.25) is 5.91 Å². The van der Waals surface area contributed by atoms with Crippen LogP contribution in [0.2, 0.25) is 0 Å². The first kappa shape index (κ1) is 11.2. The smallest absolute Gasteiger partial charge is 0.248 e. The van der Waals surface area contributed by atoms with Gasteiger partial charge in [0.25, 0.3) is 0 Å². The Labute approximate surface area is 99.5 Å². The Morgan fingerprint density at radius 2 is 2.06 bits per heavy atom. The van der Waals surface area contributed by atoms with Gasteiger partial charge in [0.05, 0.1) is 0 Å². The second-order valence-electron chi connectivity index (χ2n) is 3.73. The van der Waals surface area contributed by atoms with Crippen molar-refractivity contribution in [3.8, 4) is 0 Å². The number of carbonyl (C=O) groups is 1. The van der Waals surface area contributed by atoms with Crippen molar-refractivity contribution in [2.24, 2.45) is 0 Å². The van der Waals surface area contributed by atoms with E-state index in [1.165, 1.54) is 4.68 Å². The van der Waals surface area contributed by atoms with Crippen LogP contribution >= 0.6 is 0 Å². The lowest BCUT2D eigenvalue weighted by molar-refractivity contribution is -0.119. The zero-order valence-electron chi connectivity index (χ0n) is 9.58. The molecule has 5 heteroatoms. The van der Waals surface area contributed by atoms with E-state index < -0.39 is 0 Å². The molecule has 0 spiro atoms. The lowest BCUT2D eigenvalue weighted by atomic mass is 10.3. The highest BCUT2D eigenvalue weighted by atomic mass is 16.2. The molecule has 5 nitrogen and oxygen atoms in total. The van der Waals surface area contributed by atoms with Crippen LogP contribution in [0.1, 0.15) is 0 Å². The maximum atomic E-state index is 11.9. The third-order valence-electron chi connectivity index (χ3n) is 2.48. The fourth-order valence-corrected chi connectivity index (χ4v) is 1.51. The van der Waals surface area contributed by atoms with E-state index in [1.807, 2.05) is 30.3 Å². The number of benzene rings is 1. The zero-order chi connectivity index (χ0) is 12.3. The van der Waals surface area contributed by atoms with Gasteiger partial charge in [-0.3, -0.25) is 9.48 Å². The van der Waals surface area contributed by atoms with E-state index in [9.17, 15) is 4.79 Å². The first-order valence-corrected chi connectivity index (χ1v) is 5.27. The molecule has 0 aliphatic heterocycles. The van der Waals surface area contributed by atoms with Gasteiger partial charge in [-0.1, -0.05) is 18.2 Å². The van der Waals surface area contributed by atoms with Crippen molar-refractivity contribution in [3.63, 3.8) is 0 Å². The Morgan fingerprint density at radius 1 is 1.35 bits per heavy atom. The standard InChI is InChI=1S/C12H14N4O/c1-15(10-5-3-2-4-6-10)12(17)9-16-8-7-11(13)14-16/h2-8H,9H2,1H3,(H2,13,14). The summed E-state index contributed by atoms with van der Waals surface area (Å²) < 4.78 is 1.52. The third kappa shape index (κ3) is 2.63. The normalized spacial score (nSPS) is 10.2. The van der Waals surface area contributed by atoms with Crippen LogP contribution in [0.15, 0.2) is 42.6 Å². The minimum atomic E-state index is -0.0423. The highest BCUT2D eigenvalue weighted by Crippen LogP contribution is 2.11. The Kier molecular flexibility index (Phi) is 3.09. The number of amides is 1. The third-order valence-corrected chi connectivity index (χ3v) is 2.48. The molecule has 0 atom stereocenters. The fourth-order valence-electron chi connectivity index (χ4n) is 1.51. The van der Waals surface area contributed by atoms with Crippen molar-refractivity contribution in [2.75, 3.05) is 17.7 Å². The number of hydrogen-bond acceptors (Lipinski definition) is 3. The van der Waals surface area contributed by atoms with Crippen LogP contribution in [-0.2, 0) is 11.3 Å². The van der Waals surface area contributed by atoms with Gasteiger partial charge in [-0.05, 0) is 18.2 Å². The molecule has 1 amide bonds. The molecule has 0 saturated heterocycles. The highest BCUT2D eigenvalue weighted by Gasteiger charge is 2.11. The molecule has 1 aromatic heterocycles. The summed E-state index contributed by atoms with van der Waals surface area (Å²) in [6, 6.07) is 11.1. The Hall–Kier alpha value is -2.30. The summed E-state index contributed by atoms with van der Waals surface area (Å²) in [4.78, 5) is 13.5. The number of rotatable bonds is 3. The second-order valence-corrected chi connectivity index (χ2v) is 3.73. The summed E-state index contributed by atoms with van der Waals surface area (Å²) in [6.07, 6.45) is 1.69. The van der Waals surface area contributed by atoms with Gasteiger partial charge in [0, 0.05) is 18.9 Å². The SMILES string of the molecule is CN(C(=O)Cn1ccc(N)n1)c1ccccc1. The summed E-state index contributed by atoms with van der Waals surface area (Å²) in [7, 11) is 1.74. The molecule has 0 unspecified atom stereocenters. The molecule has 0 aliphatic carbocycles. The number of hydrogen-bond donors (Lipinski definition) is 1. The molecule has 2 N–H and O–H groups in total. The predicted octanol–water partition coefficient (Wildman–Crippen LogP) is 1.13. The average Bonchev–Trinajstić information content (AvgIpc) is 2.75. The lowest BCUT2D eigenvalue weighted by Crippen LogP contribution is -2.30. The molecule has 1 heterocycles. The van der Waals surface area contributed by atoms with Crippen LogP contribution in [0.4, 0.5) is 11.5 Å². The van der Waals surface area contributed by atoms with Crippen molar-refractivity contribution < 1.29 is 4.79 Å². The molecule has 17 heavy (non-hydrogen) atoms. The van der Waals surface area contributed by atoms with Crippen LogP contribution in [0, 0.1) is 0 Å². The molecule has 1 aromatic carbocycles. The maximum absolute atomic E-state index is 11.9. The second kappa shape index (κ2) is 4.69. The van der Waals surface area contributed by atoms with Gasteiger partial charge in [-0.15, -0.1) is 0 Å². The zero-order valence-corrected chi connectivity index (χ0v) is 9.58. The highest BCUT2D eigenvalue weighted by molar-refractivity contribution is 5.92. The Bertz CT molecular complexity index is 506. The van der Waals surface area contributed by atoms with Gasteiger partial charge in [0.15, 0.2) is 0 Å². The molecule has 0 fully saturated rings. The summed E-state index contributed by atoms with van der Waals surface area (Å²) >= 11 is 0. The first-order valence-electron chi connectivity index (χ1n) is 5.27. The average molecular weight is 230 g/mol. The van der Waals surface area contributed by atoms with Crippen LogP contribution in [0.3, 0.4) is 0 Å². The van der Waals surface area contributed by atoms with Gasteiger partial charge in [0.1, 0.15) is 12.4 Å². The summed E-state index contributed by atoms with van der Waals surface area (Å²) in [5.41, 5.74) is 6.34. The van der Waals surface area contributed by atoms with Crippen molar-refractivity contribution in [3.05, 3.63) is 42.6 Å². The van der Waals surface area contributed by atoms with Crippen molar-refractivity contribution in [1.82, 2.24) is 9.78 Å². The number of anilines is 2. The Balaban J connectivity index is 2.06. The van der Waals surface area contributed by atoms with E-state index in [-0.39, 0.29) is 12.5 Å². The monoisotopic (exact) mass is 230 g/mol. The topological polar surface area (TPSA) is 64.2 Å². The molecule has 0 radical (unpaired) electrons. The molecule has 0 bridgehead atoms. The number of nitrogen functional groups attached to an aromatic ring is 1. The number of para-hydroxylation sites is 1. The number of likely N-dealkylation sites (N-methyl/N-ethyl adjacent to an activating group) is 1. The molecule has 0 saturated carbocycles. The van der Waals surface area contributed by atoms with Gasteiger partial charge < -0.3 is 10.6 Å². The molecule has 2 aromatic rings. The quantitative estimate of drug-likeness (QED) is 0.859.